The van der Waals surface area contributed by atoms with Gasteiger partial charge in [-0.2, -0.15) is 0 Å². The Morgan fingerprint density at radius 1 is 0.880 bits per heavy atom. The van der Waals surface area contributed by atoms with Crippen LogP contribution in [0.3, 0.4) is 0 Å². The standard InChI is InChI=1S/C22H31BrOSi/c1-5-6-9-18-21(23)24-25(22(2,3)4,19-14-10-7-11-15-19)20-16-12-8-13-17-20/h7-8,10-17,21H,5-6,9,18H2,1-4H3. The van der Waals surface area contributed by atoms with Gasteiger partial charge in [-0.05, 0) is 21.8 Å². The minimum Gasteiger partial charge on any atom is -0.395 e. The molecular weight excluding hydrogens is 388 g/mol. The molecule has 136 valence electrons. The maximum absolute atomic E-state index is 6.98. The summed E-state index contributed by atoms with van der Waals surface area (Å²) in [5, 5.41) is 2.81. The lowest BCUT2D eigenvalue weighted by atomic mass is 10.2. The van der Waals surface area contributed by atoms with E-state index in [0.717, 1.165) is 6.42 Å². The van der Waals surface area contributed by atoms with E-state index in [4.69, 9.17) is 4.43 Å². The van der Waals surface area contributed by atoms with Gasteiger partial charge in [0.15, 0.2) is 0 Å². The first kappa shape index (κ1) is 20.4. The highest BCUT2D eigenvalue weighted by Gasteiger charge is 2.51. The largest absolute Gasteiger partial charge is 0.395 e. The molecule has 0 saturated carbocycles. The van der Waals surface area contributed by atoms with Gasteiger partial charge in [0.1, 0.15) is 5.01 Å². The molecule has 0 spiro atoms. The van der Waals surface area contributed by atoms with Gasteiger partial charge in [-0.25, -0.2) is 0 Å². The van der Waals surface area contributed by atoms with Gasteiger partial charge in [-0.1, -0.05) is 124 Å². The van der Waals surface area contributed by atoms with Crippen molar-refractivity contribution in [2.75, 3.05) is 0 Å². The molecule has 1 unspecified atom stereocenters. The highest BCUT2D eigenvalue weighted by Crippen LogP contribution is 2.38. The molecule has 3 heteroatoms. The third-order valence-electron chi connectivity index (χ3n) is 4.76. The zero-order chi connectivity index (χ0) is 18.3. The molecule has 0 N–H and O–H groups in total. The maximum Gasteiger partial charge on any atom is 0.262 e. The molecule has 0 bridgehead atoms. The van der Waals surface area contributed by atoms with Crippen molar-refractivity contribution in [1.29, 1.82) is 0 Å². The summed E-state index contributed by atoms with van der Waals surface area (Å²) < 4.78 is 6.98. The molecule has 0 fully saturated rings. The Balaban J connectivity index is 2.49. The maximum atomic E-state index is 6.98. The summed E-state index contributed by atoms with van der Waals surface area (Å²) in [4.78, 5) is 0. The van der Waals surface area contributed by atoms with E-state index in [1.54, 1.807) is 0 Å². The van der Waals surface area contributed by atoms with Crippen LogP contribution in [0.2, 0.25) is 5.04 Å². The van der Waals surface area contributed by atoms with Gasteiger partial charge in [-0.3, -0.25) is 0 Å². The molecule has 0 aliphatic heterocycles. The van der Waals surface area contributed by atoms with Crippen molar-refractivity contribution in [3.05, 3.63) is 60.7 Å². The third-order valence-corrected chi connectivity index (χ3v) is 10.8. The number of halogens is 1. The van der Waals surface area contributed by atoms with Gasteiger partial charge >= 0.3 is 0 Å². The first-order valence-corrected chi connectivity index (χ1v) is 12.2. The van der Waals surface area contributed by atoms with E-state index >= 15 is 0 Å². The van der Waals surface area contributed by atoms with Gasteiger partial charge < -0.3 is 4.43 Å². The molecule has 2 rings (SSSR count). The van der Waals surface area contributed by atoms with Crippen LogP contribution >= 0.6 is 15.9 Å². The van der Waals surface area contributed by atoms with E-state index in [1.807, 2.05) is 0 Å². The molecule has 2 aromatic rings. The second-order valence-corrected chi connectivity index (χ2v) is 13.0. The number of alkyl halides is 1. The van der Waals surface area contributed by atoms with Gasteiger partial charge in [0.05, 0.1) is 0 Å². The van der Waals surface area contributed by atoms with Crippen LogP contribution in [0.25, 0.3) is 0 Å². The van der Waals surface area contributed by atoms with Crippen molar-refractivity contribution in [3.8, 4) is 0 Å². The molecule has 0 amide bonds. The molecule has 0 heterocycles. The highest BCUT2D eigenvalue weighted by molar-refractivity contribution is 9.09. The summed E-state index contributed by atoms with van der Waals surface area (Å²) in [6.45, 7) is 9.22. The highest BCUT2D eigenvalue weighted by atomic mass is 79.9. The lowest BCUT2D eigenvalue weighted by Gasteiger charge is -2.44. The number of hydrogen-bond acceptors (Lipinski definition) is 1. The summed E-state index contributed by atoms with van der Waals surface area (Å²) >= 11 is 3.84. The van der Waals surface area contributed by atoms with Crippen LogP contribution in [0.15, 0.2) is 60.7 Å². The molecule has 0 radical (unpaired) electrons. The summed E-state index contributed by atoms with van der Waals surface area (Å²) in [5.41, 5.74) is 0. The zero-order valence-corrected chi connectivity index (χ0v) is 18.6. The van der Waals surface area contributed by atoms with Crippen molar-refractivity contribution in [3.63, 3.8) is 0 Å². The van der Waals surface area contributed by atoms with Crippen LogP contribution in [0.5, 0.6) is 0 Å². The summed E-state index contributed by atoms with van der Waals surface area (Å²) in [6, 6.07) is 21.7. The van der Waals surface area contributed by atoms with Crippen molar-refractivity contribution in [2.45, 2.75) is 63.4 Å². The van der Waals surface area contributed by atoms with E-state index in [1.165, 1.54) is 29.6 Å². The average molecular weight is 419 g/mol. The van der Waals surface area contributed by atoms with Gasteiger partial charge in [0, 0.05) is 0 Å². The van der Waals surface area contributed by atoms with Crippen molar-refractivity contribution in [2.24, 2.45) is 0 Å². The Kier molecular flexibility index (Phi) is 7.47. The molecular formula is C22H31BrOSi. The Labute approximate surface area is 163 Å². The fraction of sp³-hybridized carbons (Fsp3) is 0.455. The van der Waals surface area contributed by atoms with Crippen LogP contribution < -0.4 is 10.4 Å². The van der Waals surface area contributed by atoms with Gasteiger partial charge in [0.2, 0.25) is 0 Å². The lowest BCUT2D eigenvalue weighted by molar-refractivity contribution is 0.261. The molecule has 25 heavy (non-hydrogen) atoms. The van der Waals surface area contributed by atoms with Crippen LogP contribution in [0, 0.1) is 0 Å². The minimum atomic E-state index is -2.42. The quantitative estimate of drug-likeness (QED) is 0.296. The Morgan fingerprint density at radius 3 is 1.76 bits per heavy atom. The first-order valence-electron chi connectivity index (χ1n) is 9.34. The van der Waals surface area contributed by atoms with Gasteiger partial charge in [-0.15, -0.1) is 0 Å². The van der Waals surface area contributed by atoms with E-state index in [9.17, 15) is 0 Å². The second-order valence-electron chi connectivity index (χ2n) is 7.69. The van der Waals surface area contributed by atoms with E-state index in [-0.39, 0.29) is 10.1 Å². The molecule has 2 aromatic carbocycles. The SMILES string of the molecule is CCCCCC(Br)O[Si](c1ccccc1)(c1ccccc1)C(C)(C)C. The topological polar surface area (TPSA) is 9.23 Å². The smallest absolute Gasteiger partial charge is 0.262 e. The molecule has 1 nitrogen and oxygen atoms in total. The Bertz CT molecular complexity index is 582. The summed E-state index contributed by atoms with van der Waals surface area (Å²) in [6.07, 6.45) is 4.74. The van der Waals surface area contributed by atoms with Crippen molar-refractivity contribution in [1.82, 2.24) is 0 Å². The van der Waals surface area contributed by atoms with E-state index < -0.39 is 8.32 Å². The van der Waals surface area contributed by atoms with Crippen molar-refractivity contribution >= 4 is 34.6 Å². The number of unbranched alkanes of at least 4 members (excludes halogenated alkanes) is 2. The monoisotopic (exact) mass is 418 g/mol. The van der Waals surface area contributed by atoms with Crippen LogP contribution in [0.4, 0.5) is 0 Å². The minimum absolute atomic E-state index is 0.0342. The second kappa shape index (κ2) is 9.16. The molecule has 0 saturated heterocycles. The number of rotatable bonds is 8. The number of hydrogen-bond donors (Lipinski definition) is 0. The summed E-state index contributed by atoms with van der Waals surface area (Å²) in [5.74, 6) is 0. The predicted octanol–water partition coefficient (Wildman–Crippen LogP) is 5.86. The third kappa shape index (κ3) is 4.84. The fourth-order valence-corrected chi connectivity index (χ4v) is 9.18. The van der Waals surface area contributed by atoms with Crippen molar-refractivity contribution < 1.29 is 4.43 Å². The predicted molar refractivity (Wildman–Crippen MR) is 116 cm³/mol. The molecule has 0 aliphatic carbocycles. The fourth-order valence-electron chi connectivity index (χ4n) is 3.50. The van der Waals surface area contributed by atoms with Gasteiger partial charge in [0.25, 0.3) is 8.32 Å². The van der Waals surface area contributed by atoms with Crippen LogP contribution in [0.1, 0.15) is 53.4 Å². The average Bonchev–Trinajstić information content (AvgIpc) is 2.60. The normalized spacial score (nSPS) is 13.6. The Morgan fingerprint density at radius 2 is 1.36 bits per heavy atom. The lowest BCUT2D eigenvalue weighted by Crippen LogP contribution is -2.67. The van der Waals surface area contributed by atoms with E-state index in [0.29, 0.717) is 0 Å². The van der Waals surface area contributed by atoms with Crippen LogP contribution in [-0.2, 0) is 4.43 Å². The molecule has 0 aromatic heterocycles. The Hall–Kier alpha value is -0.903. The first-order chi connectivity index (χ1) is 11.9. The molecule has 1 atom stereocenters. The number of benzene rings is 2. The van der Waals surface area contributed by atoms with E-state index in [2.05, 4.69) is 104 Å². The molecule has 0 aliphatic rings. The van der Waals surface area contributed by atoms with Crippen LogP contribution in [-0.4, -0.2) is 13.3 Å². The zero-order valence-electron chi connectivity index (χ0n) is 16.0. The summed E-state index contributed by atoms with van der Waals surface area (Å²) in [7, 11) is -2.42.